The molecule has 3 aromatic rings. The van der Waals surface area contributed by atoms with Gasteiger partial charge in [0.25, 0.3) is 0 Å². The Labute approximate surface area is 126 Å². The molecule has 0 atom stereocenters. The predicted molar refractivity (Wildman–Crippen MR) is 81.9 cm³/mol. The van der Waals surface area contributed by atoms with Crippen LogP contribution < -0.4 is 4.74 Å². The lowest BCUT2D eigenvalue weighted by Crippen LogP contribution is -1.99. The molecule has 5 heteroatoms. The van der Waals surface area contributed by atoms with Crippen molar-refractivity contribution < 1.29 is 9.53 Å². The van der Waals surface area contributed by atoms with E-state index in [1.54, 1.807) is 18.2 Å². The number of carbonyl (C=O) groups is 1. The lowest BCUT2D eigenvalue weighted by Gasteiger charge is -2.07. The maximum absolute atomic E-state index is 10.7. The summed E-state index contributed by atoms with van der Waals surface area (Å²) in [4.78, 5) is 10.7. The molecule has 0 saturated carbocycles. The molecule has 0 aliphatic heterocycles. The minimum atomic E-state index is 0.321. The number of rotatable bonds is 4. The van der Waals surface area contributed by atoms with Crippen LogP contribution in [0.2, 0.25) is 5.02 Å². The number of para-hydroxylation sites is 1. The fraction of sp³-hybridized carbons (Fsp3) is 0.125. The van der Waals surface area contributed by atoms with Gasteiger partial charge in [-0.1, -0.05) is 29.8 Å². The van der Waals surface area contributed by atoms with Gasteiger partial charge in [0.2, 0.25) is 0 Å². The van der Waals surface area contributed by atoms with Crippen LogP contribution in [0.15, 0.2) is 42.5 Å². The molecule has 0 unspecified atom stereocenters. The van der Waals surface area contributed by atoms with Gasteiger partial charge in [-0.2, -0.15) is 5.10 Å². The van der Waals surface area contributed by atoms with E-state index in [4.69, 9.17) is 16.3 Å². The Bertz CT molecular complexity index is 811. The van der Waals surface area contributed by atoms with E-state index < -0.39 is 0 Å². The van der Waals surface area contributed by atoms with Crippen LogP contribution in [0.25, 0.3) is 10.9 Å². The Morgan fingerprint density at radius 2 is 2.10 bits per heavy atom. The average Bonchev–Trinajstić information content (AvgIpc) is 2.83. The van der Waals surface area contributed by atoms with E-state index in [9.17, 15) is 4.79 Å². The molecule has 106 valence electrons. The summed E-state index contributed by atoms with van der Waals surface area (Å²) in [7, 11) is 1.90. The smallest absolute Gasteiger partial charge is 0.150 e. The monoisotopic (exact) mass is 300 g/mol. The Balaban J connectivity index is 1.85. The summed E-state index contributed by atoms with van der Waals surface area (Å²) in [5, 5.41) is 5.93. The highest BCUT2D eigenvalue weighted by Gasteiger charge is 2.10. The maximum Gasteiger partial charge on any atom is 0.150 e. The Hall–Kier alpha value is -2.33. The molecule has 0 amide bonds. The molecule has 2 aromatic carbocycles. The molecular formula is C16H13ClN2O2. The van der Waals surface area contributed by atoms with E-state index in [-0.39, 0.29) is 0 Å². The molecule has 0 spiro atoms. The summed E-state index contributed by atoms with van der Waals surface area (Å²) >= 11 is 6.09. The molecule has 0 fully saturated rings. The minimum Gasteiger partial charge on any atom is -0.486 e. The summed E-state index contributed by atoms with van der Waals surface area (Å²) in [5.41, 5.74) is 2.43. The normalized spacial score (nSPS) is 10.8. The second-order valence-corrected chi connectivity index (χ2v) is 5.09. The molecule has 1 aromatic heterocycles. The number of ether oxygens (including phenoxy) is 1. The van der Waals surface area contributed by atoms with Crippen molar-refractivity contribution in [3.8, 4) is 5.75 Å². The highest BCUT2D eigenvalue weighted by Crippen LogP contribution is 2.26. The van der Waals surface area contributed by atoms with Crippen LogP contribution in [-0.4, -0.2) is 16.1 Å². The molecule has 0 N–H and O–H groups in total. The summed E-state index contributed by atoms with van der Waals surface area (Å²) in [6, 6.07) is 12.9. The van der Waals surface area contributed by atoms with Crippen LogP contribution >= 0.6 is 11.6 Å². The first-order valence-electron chi connectivity index (χ1n) is 6.47. The third kappa shape index (κ3) is 2.62. The van der Waals surface area contributed by atoms with E-state index >= 15 is 0 Å². The number of aldehydes is 1. The van der Waals surface area contributed by atoms with Crippen molar-refractivity contribution in [3.05, 3.63) is 58.7 Å². The standard InChI is InChI=1S/C16H13ClN2O2/c1-19-15-5-3-2-4-12(15)14(18-19)10-21-16-7-6-11(9-20)8-13(16)17/h2-9H,10H2,1H3. The molecule has 0 saturated heterocycles. The molecule has 0 bridgehead atoms. The van der Waals surface area contributed by atoms with Crippen molar-refractivity contribution in [2.45, 2.75) is 6.61 Å². The van der Waals surface area contributed by atoms with Gasteiger partial charge in [0.15, 0.2) is 0 Å². The number of fused-ring (bicyclic) bond motifs is 1. The van der Waals surface area contributed by atoms with Gasteiger partial charge >= 0.3 is 0 Å². The molecule has 3 rings (SSSR count). The Kier molecular flexibility index (Phi) is 3.62. The highest BCUT2D eigenvalue weighted by atomic mass is 35.5. The predicted octanol–water partition coefficient (Wildman–Crippen LogP) is 3.62. The summed E-state index contributed by atoms with van der Waals surface area (Å²) in [6.45, 7) is 0.321. The zero-order valence-corrected chi connectivity index (χ0v) is 12.2. The topological polar surface area (TPSA) is 44.1 Å². The molecular weight excluding hydrogens is 288 g/mol. The van der Waals surface area contributed by atoms with Crippen LogP contribution in [0.3, 0.4) is 0 Å². The van der Waals surface area contributed by atoms with Crippen LogP contribution in [0.1, 0.15) is 16.1 Å². The molecule has 21 heavy (non-hydrogen) atoms. The van der Waals surface area contributed by atoms with E-state index in [0.29, 0.717) is 22.9 Å². The molecule has 0 radical (unpaired) electrons. The number of carbonyl (C=O) groups excluding carboxylic acids is 1. The van der Waals surface area contributed by atoms with Crippen molar-refractivity contribution in [1.29, 1.82) is 0 Å². The fourth-order valence-corrected chi connectivity index (χ4v) is 2.49. The lowest BCUT2D eigenvalue weighted by atomic mass is 10.2. The summed E-state index contributed by atoms with van der Waals surface area (Å²) in [6.07, 6.45) is 0.752. The van der Waals surface area contributed by atoms with Gasteiger partial charge in [0.1, 0.15) is 24.3 Å². The molecule has 4 nitrogen and oxygen atoms in total. The molecule has 0 aliphatic carbocycles. The number of hydrogen-bond donors (Lipinski definition) is 0. The summed E-state index contributed by atoms with van der Waals surface area (Å²) < 4.78 is 7.54. The second-order valence-electron chi connectivity index (χ2n) is 4.68. The van der Waals surface area contributed by atoms with Crippen LogP contribution in [-0.2, 0) is 13.7 Å². The number of halogens is 1. The van der Waals surface area contributed by atoms with Crippen LogP contribution in [0.5, 0.6) is 5.75 Å². The number of benzene rings is 2. The first-order chi connectivity index (χ1) is 10.2. The van der Waals surface area contributed by atoms with Crippen LogP contribution in [0, 0.1) is 0 Å². The Morgan fingerprint density at radius 3 is 2.86 bits per heavy atom. The van der Waals surface area contributed by atoms with E-state index in [1.807, 2.05) is 36.0 Å². The highest BCUT2D eigenvalue weighted by molar-refractivity contribution is 6.32. The lowest BCUT2D eigenvalue weighted by molar-refractivity contribution is 0.112. The van der Waals surface area contributed by atoms with E-state index in [0.717, 1.165) is 22.9 Å². The number of aromatic nitrogens is 2. The van der Waals surface area contributed by atoms with Gasteiger partial charge in [-0.25, -0.2) is 0 Å². The third-order valence-corrected chi connectivity index (χ3v) is 3.59. The zero-order chi connectivity index (χ0) is 14.8. The van der Waals surface area contributed by atoms with Gasteiger partial charge in [0, 0.05) is 18.0 Å². The van der Waals surface area contributed by atoms with Gasteiger partial charge in [0.05, 0.1) is 10.5 Å². The van der Waals surface area contributed by atoms with E-state index in [2.05, 4.69) is 5.10 Å². The van der Waals surface area contributed by atoms with Crippen molar-refractivity contribution >= 4 is 28.8 Å². The summed E-state index contributed by atoms with van der Waals surface area (Å²) in [5.74, 6) is 0.539. The van der Waals surface area contributed by atoms with Crippen molar-refractivity contribution in [2.24, 2.45) is 7.05 Å². The van der Waals surface area contributed by atoms with Gasteiger partial charge in [-0.05, 0) is 24.3 Å². The molecule has 0 aliphatic rings. The first kappa shape index (κ1) is 13.6. The van der Waals surface area contributed by atoms with Crippen molar-refractivity contribution in [2.75, 3.05) is 0 Å². The van der Waals surface area contributed by atoms with Crippen molar-refractivity contribution in [3.63, 3.8) is 0 Å². The fourth-order valence-electron chi connectivity index (χ4n) is 2.25. The van der Waals surface area contributed by atoms with Crippen molar-refractivity contribution in [1.82, 2.24) is 9.78 Å². The largest absolute Gasteiger partial charge is 0.486 e. The quantitative estimate of drug-likeness (QED) is 0.691. The van der Waals surface area contributed by atoms with Crippen LogP contribution in [0.4, 0.5) is 0 Å². The van der Waals surface area contributed by atoms with E-state index in [1.165, 1.54) is 0 Å². The number of aryl methyl sites for hydroxylation is 1. The van der Waals surface area contributed by atoms with Gasteiger partial charge < -0.3 is 4.74 Å². The zero-order valence-electron chi connectivity index (χ0n) is 11.4. The first-order valence-corrected chi connectivity index (χ1v) is 6.85. The minimum absolute atomic E-state index is 0.321. The van der Waals surface area contributed by atoms with Gasteiger partial charge in [-0.3, -0.25) is 9.48 Å². The number of nitrogens with zero attached hydrogens (tertiary/aromatic N) is 2. The SMILES string of the molecule is Cn1nc(COc2ccc(C=O)cc2Cl)c2ccccc21. The van der Waals surface area contributed by atoms with Gasteiger partial charge in [-0.15, -0.1) is 0 Å². The second kappa shape index (κ2) is 5.58. The number of hydrogen-bond acceptors (Lipinski definition) is 3. The maximum atomic E-state index is 10.7. The third-order valence-electron chi connectivity index (χ3n) is 3.29. The average molecular weight is 301 g/mol. The Morgan fingerprint density at radius 1 is 1.29 bits per heavy atom. The molecule has 1 heterocycles.